The second kappa shape index (κ2) is 14.7. The van der Waals surface area contributed by atoms with Gasteiger partial charge in [-0.05, 0) is 55.5 Å². The highest BCUT2D eigenvalue weighted by atomic mass is 32.2. The van der Waals surface area contributed by atoms with E-state index in [1.807, 2.05) is 87.5 Å². The molecule has 8 heteroatoms. The van der Waals surface area contributed by atoms with Crippen LogP contribution in [0.4, 0.5) is 5.69 Å². The minimum absolute atomic E-state index is 0.107. The number of hydrogen-bond acceptors (Lipinski definition) is 4. The van der Waals surface area contributed by atoms with Crippen molar-refractivity contribution in [1.29, 1.82) is 0 Å². The van der Waals surface area contributed by atoms with Gasteiger partial charge in [0.05, 0.1) is 11.9 Å². The number of anilines is 1. The predicted molar refractivity (Wildman–Crippen MR) is 162 cm³/mol. The minimum atomic E-state index is -3.54. The number of benzene rings is 3. The number of sulfonamides is 1. The van der Waals surface area contributed by atoms with E-state index in [1.54, 1.807) is 17.0 Å². The van der Waals surface area contributed by atoms with Gasteiger partial charge in [-0.15, -0.1) is 0 Å². The monoisotopic (exact) mass is 563 g/mol. The number of nitrogens with zero attached hydrogens (tertiary/aromatic N) is 2. The van der Waals surface area contributed by atoms with Crippen molar-refractivity contribution in [1.82, 2.24) is 10.2 Å². The van der Waals surface area contributed by atoms with E-state index in [2.05, 4.69) is 5.32 Å². The first-order chi connectivity index (χ1) is 19.1. The number of amides is 2. The Morgan fingerprint density at radius 3 is 2.15 bits per heavy atom. The van der Waals surface area contributed by atoms with E-state index in [9.17, 15) is 18.0 Å². The van der Waals surface area contributed by atoms with Crippen LogP contribution in [0.25, 0.3) is 0 Å². The summed E-state index contributed by atoms with van der Waals surface area (Å²) in [6.07, 6.45) is 2.84. The van der Waals surface area contributed by atoms with Crippen molar-refractivity contribution in [3.63, 3.8) is 0 Å². The summed E-state index contributed by atoms with van der Waals surface area (Å²) in [4.78, 5) is 28.8. The SMILES string of the molecule is CCNC(=O)[C@H](Cc1ccccc1)N(Cc1cccc(C)c1)C(=O)CCCN(c1ccc(CC)cc1)S(C)(=O)=O. The van der Waals surface area contributed by atoms with E-state index in [0.717, 1.165) is 28.7 Å². The van der Waals surface area contributed by atoms with Crippen LogP contribution in [0.15, 0.2) is 78.9 Å². The van der Waals surface area contributed by atoms with Gasteiger partial charge in [-0.2, -0.15) is 0 Å². The first kappa shape index (κ1) is 30.9. The van der Waals surface area contributed by atoms with Gasteiger partial charge in [0, 0.05) is 32.5 Å². The zero-order valence-electron chi connectivity index (χ0n) is 24.0. The Hall–Kier alpha value is -3.65. The molecule has 3 aromatic carbocycles. The molecule has 0 fully saturated rings. The second-order valence-electron chi connectivity index (χ2n) is 10.1. The lowest BCUT2D eigenvalue weighted by molar-refractivity contribution is -0.141. The second-order valence-corrected chi connectivity index (χ2v) is 12.0. The number of rotatable bonds is 14. The van der Waals surface area contributed by atoms with E-state index in [4.69, 9.17) is 0 Å². The third-order valence-corrected chi connectivity index (χ3v) is 8.04. The Morgan fingerprint density at radius 2 is 1.55 bits per heavy atom. The number of carbonyl (C=O) groups is 2. The molecule has 2 amide bonds. The highest BCUT2D eigenvalue weighted by Crippen LogP contribution is 2.21. The van der Waals surface area contributed by atoms with Crippen LogP contribution < -0.4 is 9.62 Å². The molecule has 0 heterocycles. The van der Waals surface area contributed by atoms with Gasteiger partial charge >= 0.3 is 0 Å². The molecule has 3 rings (SSSR count). The Bertz CT molecular complexity index is 1360. The molecule has 214 valence electrons. The maximum atomic E-state index is 13.8. The van der Waals surface area contributed by atoms with Crippen LogP contribution in [-0.4, -0.2) is 50.5 Å². The van der Waals surface area contributed by atoms with Crippen molar-refractivity contribution in [2.75, 3.05) is 23.7 Å². The quantitative estimate of drug-likeness (QED) is 0.303. The number of carbonyl (C=O) groups excluding carboxylic acids is 2. The van der Waals surface area contributed by atoms with Crippen molar-refractivity contribution in [2.24, 2.45) is 0 Å². The van der Waals surface area contributed by atoms with Crippen molar-refractivity contribution in [3.05, 3.63) is 101 Å². The lowest BCUT2D eigenvalue weighted by Crippen LogP contribution is -2.50. The Balaban J connectivity index is 1.85. The molecule has 0 saturated heterocycles. The molecule has 0 bridgehead atoms. The van der Waals surface area contributed by atoms with E-state index in [1.165, 1.54) is 10.6 Å². The lowest BCUT2D eigenvalue weighted by Gasteiger charge is -2.32. The molecule has 0 radical (unpaired) electrons. The van der Waals surface area contributed by atoms with Crippen molar-refractivity contribution in [2.45, 2.75) is 59.0 Å². The average Bonchev–Trinajstić information content (AvgIpc) is 2.93. The summed E-state index contributed by atoms with van der Waals surface area (Å²) in [6.45, 7) is 6.80. The molecule has 0 aliphatic rings. The molecule has 7 nitrogen and oxygen atoms in total. The third kappa shape index (κ3) is 8.95. The van der Waals surface area contributed by atoms with Crippen LogP contribution >= 0.6 is 0 Å². The van der Waals surface area contributed by atoms with E-state index in [0.29, 0.717) is 25.1 Å². The summed E-state index contributed by atoms with van der Waals surface area (Å²) < 4.78 is 26.6. The fourth-order valence-electron chi connectivity index (χ4n) is 4.76. The minimum Gasteiger partial charge on any atom is -0.355 e. The first-order valence-corrected chi connectivity index (χ1v) is 15.7. The topological polar surface area (TPSA) is 86.8 Å². The Labute approximate surface area is 239 Å². The first-order valence-electron chi connectivity index (χ1n) is 13.9. The summed E-state index contributed by atoms with van der Waals surface area (Å²) in [5, 5.41) is 2.90. The van der Waals surface area contributed by atoms with E-state index < -0.39 is 16.1 Å². The Kier molecular flexibility index (Phi) is 11.3. The van der Waals surface area contributed by atoms with Gasteiger partial charge < -0.3 is 10.2 Å². The predicted octanol–water partition coefficient (Wildman–Crippen LogP) is 4.88. The number of hydrogen-bond donors (Lipinski definition) is 1. The molecule has 0 aliphatic carbocycles. The van der Waals surface area contributed by atoms with Gasteiger partial charge in [-0.1, -0.05) is 79.2 Å². The lowest BCUT2D eigenvalue weighted by atomic mass is 10.0. The number of nitrogens with one attached hydrogen (secondary N) is 1. The molecule has 1 N–H and O–H groups in total. The van der Waals surface area contributed by atoms with Crippen LogP contribution in [0.3, 0.4) is 0 Å². The summed E-state index contributed by atoms with van der Waals surface area (Å²) in [7, 11) is -3.54. The van der Waals surface area contributed by atoms with Crippen molar-refractivity contribution < 1.29 is 18.0 Å². The molecule has 3 aromatic rings. The number of aryl methyl sites for hydroxylation is 2. The fraction of sp³-hybridized carbons (Fsp3) is 0.375. The van der Waals surface area contributed by atoms with Crippen LogP contribution in [0.1, 0.15) is 48.9 Å². The van der Waals surface area contributed by atoms with Gasteiger partial charge in [0.15, 0.2) is 0 Å². The van der Waals surface area contributed by atoms with Gasteiger partial charge in [0.2, 0.25) is 21.8 Å². The van der Waals surface area contributed by atoms with Crippen LogP contribution in [0, 0.1) is 6.92 Å². The molecule has 0 saturated carbocycles. The van der Waals surface area contributed by atoms with Gasteiger partial charge in [-0.3, -0.25) is 13.9 Å². The zero-order valence-corrected chi connectivity index (χ0v) is 24.8. The summed E-state index contributed by atoms with van der Waals surface area (Å²) in [6, 6.07) is 24.3. The fourth-order valence-corrected chi connectivity index (χ4v) is 5.72. The van der Waals surface area contributed by atoms with Crippen LogP contribution in [0.2, 0.25) is 0 Å². The smallest absolute Gasteiger partial charge is 0.243 e. The van der Waals surface area contributed by atoms with Gasteiger partial charge in [0.1, 0.15) is 6.04 Å². The third-order valence-electron chi connectivity index (χ3n) is 6.84. The van der Waals surface area contributed by atoms with Crippen molar-refractivity contribution >= 4 is 27.5 Å². The van der Waals surface area contributed by atoms with E-state index in [-0.39, 0.29) is 31.3 Å². The molecule has 40 heavy (non-hydrogen) atoms. The van der Waals surface area contributed by atoms with Crippen molar-refractivity contribution in [3.8, 4) is 0 Å². The van der Waals surface area contributed by atoms with Gasteiger partial charge in [0.25, 0.3) is 0 Å². The molecule has 0 aromatic heterocycles. The standard InChI is InChI=1S/C32H41N3O4S/c1-5-26-17-19-29(20-18-26)35(40(4,38)39)21-11-16-31(36)34(24-28-15-10-12-25(3)22-28)30(32(37)33-6-2)23-27-13-8-7-9-14-27/h7-10,12-15,17-20,22,30H,5-6,11,16,21,23-24H2,1-4H3,(H,33,37)/t30-/m0/s1. The molecule has 0 aliphatic heterocycles. The normalized spacial score (nSPS) is 12.0. The largest absolute Gasteiger partial charge is 0.355 e. The highest BCUT2D eigenvalue weighted by molar-refractivity contribution is 7.92. The number of likely N-dealkylation sites (N-methyl/N-ethyl adjacent to an activating group) is 1. The Morgan fingerprint density at radius 1 is 0.875 bits per heavy atom. The summed E-state index contributed by atoms with van der Waals surface area (Å²) in [5.41, 5.74) is 4.66. The molecule has 0 unspecified atom stereocenters. The highest BCUT2D eigenvalue weighted by Gasteiger charge is 2.30. The maximum Gasteiger partial charge on any atom is 0.243 e. The molecule has 1 atom stereocenters. The average molecular weight is 564 g/mol. The van der Waals surface area contributed by atoms with E-state index >= 15 is 0 Å². The molecular formula is C32H41N3O4S. The maximum absolute atomic E-state index is 13.8. The molecular weight excluding hydrogens is 522 g/mol. The summed E-state index contributed by atoms with van der Waals surface area (Å²) >= 11 is 0. The van der Waals surface area contributed by atoms with Gasteiger partial charge in [-0.25, -0.2) is 8.42 Å². The molecule has 0 spiro atoms. The van der Waals surface area contributed by atoms with Crippen LogP contribution in [-0.2, 0) is 39.0 Å². The summed E-state index contributed by atoms with van der Waals surface area (Å²) in [5.74, 6) is -0.399. The zero-order chi connectivity index (χ0) is 29.1. The van der Waals surface area contributed by atoms with Crippen LogP contribution in [0.5, 0.6) is 0 Å².